The Balaban J connectivity index is 2.84. The van der Waals surface area contributed by atoms with Gasteiger partial charge in [0.05, 0.1) is 20.3 Å². The van der Waals surface area contributed by atoms with Crippen molar-refractivity contribution in [2.75, 3.05) is 41.1 Å². The first-order chi connectivity index (χ1) is 9.62. The van der Waals surface area contributed by atoms with Crippen LogP contribution in [-0.2, 0) is 16.0 Å². The van der Waals surface area contributed by atoms with Crippen molar-refractivity contribution in [3.63, 3.8) is 0 Å². The van der Waals surface area contributed by atoms with Gasteiger partial charge >= 0.3 is 0 Å². The summed E-state index contributed by atoms with van der Waals surface area (Å²) in [6.07, 6.45) is 0. The predicted molar refractivity (Wildman–Crippen MR) is 84.3 cm³/mol. The van der Waals surface area contributed by atoms with E-state index in [4.69, 9.17) is 14.2 Å². The van der Waals surface area contributed by atoms with Gasteiger partial charge in [0.15, 0.2) is 0 Å². The fourth-order valence-corrected chi connectivity index (χ4v) is 2.51. The highest BCUT2D eigenvalue weighted by Crippen LogP contribution is 2.25. The third kappa shape index (κ3) is 5.40. The van der Waals surface area contributed by atoms with Crippen molar-refractivity contribution in [2.24, 2.45) is 0 Å². The van der Waals surface area contributed by atoms with Gasteiger partial charge in [-0.1, -0.05) is 15.9 Å². The Morgan fingerprint density at radius 2 is 1.95 bits per heavy atom. The summed E-state index contributed by atoms with van der Waals surface area (Å²) in [5.41, 5.74) is 1.15. The number of hydrogen-bond acceptors (Lipinski definition) is 4. The molecular formula is C15H24BrNO3. The molecule has 0 N–H and O–H groups in total. The van der Waals surface area contributed by atoms with Gasteiger partial charge in [-0.2, -0.15) is 0 Å². The van der Waals surface area contributed by atoms with Crippen LogP contribution in [0.3, 0.4) is 0 Å². The number of methoxy groups -OCH3 is 3. The molecule has 0 radical (unpaired) electrons. The Bertz CT molecular complexity index is 401. The van der Waals surface area contributed by atoms with E-state index in [2.05, 4.69) is 33.8 Å². The molecule has 0 aliphatic carbocycles. The second-order valence-corrected chi connectivity index (χ2v) is 5.64. The summed E-state index contributed by atoms with van der Waals surface area (Å²) in [7, 11) is 5.15. The van der Waals surface area contributed by atoms with Crippen LogP contribution in [0, 0.1) is 0 Å². The van der Waals surface area contributed by atoms with Gasteiger partial charge in [0, 0.05) is 43.4 Å². The topological polar surface area (TPSA) is 30.9 Å². The Labute approximate surface area is 130 Å². The fraction of sp³-hybridized carbons (Fsp3) is 0.600. The van der Waals surface area contributed by atoms with E-state index in [1.807, 2.05) is 12.1 Å². The molecule has 0 bridgehead atoms. The van der Waals surface area contributed by atoms with E-state index in [1.54, 1.807) is 21.3 Å². The molecule has 0 fully saturated rings. The monoisotopic (exact) mass is 345 g/mol. The molecule has 0 heterocycles. The van der Waals surface area contributed by atoms with Gasteiger partial charge in [-0.25, -0.2) is 0 Å². The number of hydrogen-bond donors (Lipinski definition) is 0. The van der Waals surface area contributed by atoms with Gasteiger partial charge in [-0.15, -0.1) is 0 Å². The van der Waals surface area contributed by atoms with E-state index in [0.29, 0.717) is 19.3 Å². The largest absolute Gasteiger partial charge is 0.496 e. The molecule has 0 saturated carbocycles. The van der Waals surface area contributed by atoms with E-state index >= 15 is 0 Å². The number of ether oxygens (including phenoxy) is 3. The highest BCUT2D eigenvalue weighted by Gasteiger charge is 2.16. The van der Waals surface area contributed by atoms with Crippen molar-refractivity contribution in [1.29, 1.82) is 0 Å². The Kier molecular flexibility index (Phi) is 8.14. The standard InChI is InChI=1S/C15H24BrNO3/c1-12(11-19-3)17(7-8-18-2)10-13-9-14(16)5-6-15(13)20-4/h5-6,9,12H,7-8,10-11H2,1-4H3. The molecule has 0 aromatic heterocycles. The number of rotatable bonds is 9. The molecule has 1 unspecified atom stereocenters. The van der Waals surface area contributed by atoms with Crippen LogP contribution in [0.25, 0.3) is 0 Å². The van der Waals surface area contributed by atoms with E-state index in [0.717, 1.165) is 28.9 Å². The average molecular weight is 346 g/mol. The van der Waals surface area contributed by atoms with Gasteiger partial charge in [-0.05, 0) is 25.1 Å². The van der Waals surface area contributed by atoms with Crippen LogP contribution in [-0.4, -0.2) is 52.0 Å². The Morgan fingerprint density at radius 3 is 2.55 bits per heavy atom. The van der Waals surface area contributed by atoms with Gasteiger partial charge in [0.2, 0.25) is 0 Å². The maximum absolute atomic E-state index is 5.44. The van der Waals surface area contributed by atoms with Gasteiger partial charge in [0.1, 0.15) is 5.75 Å². The number of halogens is 1. The minimum atomic E-state index is 0.318. The quantitative estimate of drug-likeness (QED) is 0.688. The third-order valence-corrected chi connectivity index (χ3v) is 3.72. The molecule has 0 spiro atoms. The highest BCUT2D eigenvalue weighted by molar-refractivity contribution is 9.10. The summed E-state index contributed by atoms with van der Waals surface area (Å²) >= 11 is 3.51. The fourth-order valence-electron chi connectivity index (χ4n) is 2.10. The van der Waals surface area contributed by atoms with Crippen LogP contribution in [0.4, 0.5) is 0 Å². The molecule has 0 aliphatic rings. The summed E-state index contributed by atoms with van der Waals surface area (Å²) in [6, 6.07) is 6.38. The lowest BCUT2D eigenvalue weighted by molar-refractivity contribution is 0.0700. The minimum Gasteiger partial charge on any atom is -0.496 e. The number of benzene rings is 1. The van der Waals surface area contributed by atoms with Gasteiger partial charge in [0.25, 0.3) is 0 Å². The van der Waals surface area contributed by atoms with Crippen LogP contribution in [0.15, 0.2) is 22.7 Å². The highest BCUT2D eigenvalue weighted by atomic mass is 79.9. The molecule has 1 aromatic carbocycles. The summed E-state index contributed by atoms with van der Waals surface area (Å²) in [6.45, 7) is 5.21. The van der Waals surface area contributed by atoms with E-state index in [9.17, 15) is 0 Å². The summed E-state index contributed by atoms with van der Waals surface area (Å²) in [5.74, 6) is 0.903. The van der Waals surface area contributed by atoms with Crippen molar-refractivity contribution in [1.82, 2.24) is 4.90 Å². The smallest absolute Gasteiger partial charge is 0.123 e. The van der Waals surface area contributed by atoms with Gasteiger partial charge in [-0.3, -0.25) is 4.90 Å². The lowest BCUT2D eigenvalue weighted by Crippen LogP contribution is -2.38. The number of nitrogens with zero attached hydrogens (tertiary/aromatic N) is 1. The molecule has 20 heavy (non-hydrogen) atoms. The predicted octanol–water partition coefficient (Wildman–Crippen LogP) is 2.94. The third-order valence-electron chi connectivity index (χ3n) is 3.23. The molecule has 5 heteroatoms. The van der Waals surface area contributed by atoms with E-state index in [1.165, 1.54) is 0 Å². The van der Waals surface area contributed by atoms with E-state index in [-0.39, 0.29) is 0 Å². The van der Waals surface area contributed by atoms with Crippen molar-refractivity contribution in [3.05, 3.63) is 28.2 Å². The summed E-state index contributed by atoms with van der Waals surface area (Å²) in [5, 5.41) is 0. The van der Waals surface area contributed by atoms with Crippen molar-refractivity contribution in [3.8, 4) is 5.75 Å². The van der Waals surface area contributed by atoms with Crippen molar-refractivity contribution >= 4 is 15.9 Å². The average Bonchev–Trinajstić information content (AvgIpc) is 2.43. The first kappa shape index (κ1) is 17.4. The molecule has 114 valence electrons. The van der Waals surface area contributed by atoms with Crippen molar-refractivity contribution in [2.45, 2.75) is 19.5 Å². The van der Waals surface area contributed by atoms with Gasteiger partial charge < -0.3 is 14.2 Å². The minimum absolute atomic E-state index is 0.318. The van der Waals surface area contributed by atoms with Crippen LogP contribution >= 0.6 is 15.9 Å². The molecule has 1 rings (SSSR count). The molecule has 1 atom stereocenters. The molecule has 4 nitrogen and oxygen atoms in total. The van der Waals surface area contributed by atoms with Crippen LogP contribution in [0.2, 0.25) is 0 Å². The first-order valence-corrected chi connectivity index (χ1v) is 7.46. The molecule has 0 saturated heterocycles. The summed E-state index contributed by atoms with van der Waals surface area (Å²) < 4.78 is 16.9. The molecule has 0 aliphatic heterocycles. The lowest BCUT2D eigenvalue weighted by Gasteiger charge is -2.29. The maximum Gasteiger partial charge on any atom is 0.123 e. The zero-order valence-electron chi connectivity index (χ0n) is 12.7. The van der Waals surface area contributed by atoms with Crippen molar-refractivity contribution < 1.29 is 14.2 Å². The second-order valence-electron chi connectivity index (χ2n) is 4.72. The zero-order valence-corrected chi connectivity index (χ0v) is 14.3. The Hall–Kier alpha value is -0.620. The maximum atomic E-state index is 5.44. The SMILES string of the molecule is COCCN(Cc1cc(Br)ccc1OC)C(C)COC. The van der Waals surface area contributed by atoms with Crippen LogP contribution < -0.4 is 4.74 Å². The first-order valence-electron chi connectivity index (χ1n) is 6.66. The molecule has 1 aromatic rings. The summed E-state index contributed by atoms with van der Waals surface area (Å²) in [4.78, 5) is 2.33. The van der Waals surface area contributed by atoms with E-state index < -0.39 is 0 Å². The Morgan fingerprint density at radius 1 is 1.20 bits per heavy atom. The zero-order chi connectivity index (χ0) is 15.0. The van der Waals surface area contributed by atoms with Crippen LogP contribution in [0.1, 0.15) is 12.5 Å². The molecular weight excluding hydrogens is 322 g/mol. The normalized spacial score (nSPS) is 12.7. The lowest BCUT2D eigenvalue weighted by atomic mass is 10.1. The van der Waals surface area contributed by atoms with Crippen LogP contribution in [0.5, 0.6) is 5.75 Å². The molecule has 0 amide bonds. The second kappa shape index (κ2) is 9.34.